The quantitative estimate of drug-likeness (QED) is 0.119. The number of aliphatic hydroxyl groups is 1. The zero-order valence-electron chi connectivity index (χ0n) is 82.2. The molecule has 11 nitrogen and oxygen atoms in total. The van der Waals surface area contributed by atoms with Crippen molar-refractivity contribution in [1.29, 1.82) is 0 Å². The monoisotopic (exact) mass is 2280 g/mol. The molecule has 0 radical (unpaired) electrons. The maximum absolute atomic E-state index is 11.9. The van der Waals surface area contributed by atoms with E-state index in [9.17, 15) is 9.90 Å². The number of furan rings is 1. The smallest absolute Gasteiger partial charge is 0.373 e. The number of aryl methyl sites for hydroxylation is 1. The van der Waals surface area contributed by atoms with Crippen LogP contribution in [0.3, 0.4) is 0 Å². The number of hydrogen-bond donors (Lipinski definition) is 1. The summed E-state index contributed by atoms with van der Waals surface area (Å²) >= 11 is 17.9. The molecule has 5 aliphatic heterocycles. The number of ketones is 1. The number of Topliss-reactive ketones (excluding diaryl/α,β-unsaturated/α-hetero) is 1. The Morgan fingerprint density at radius 3 is 1.17 bits per heavy atom. The molecule has 0 unspecified atom stereocenters. The van der Waals surface area contributed by atoms with Crippen LogP contribution in [0.5, 0.6) is 5.75 Å². The number of fused-ring (bicyclic) bond motifs is 8. The number of para-hydroxylation sites is 5. The second-order valence-corrected chi connectivity index (χ2v) is 42.8. The number of nitrogens with zero attached hydrogens (tertiary/aromatic N) is 5. The Labute approximate surface area is 914 Å². The molecule has 0 atom stereocenters. The van der Waals surface area contributed by atoms with Crippen LogP contribution in [0, 0.1) is 6.92 Å². The van der Waals surface area contributed by atoms with Gasteiger partial charge in [-0.25, -0.2) is 0 Å². The standard InChI is InChI=1S/C28H22BrNO2.C27H22BrNO.C27H20BrN.C25H18BrN.C24H14BrNO.CO2.H2S/c1-2-24(31)18-32-27-17-22(29)11-12-25(27)21-15-20-8-6-7-19-13-14-30(26(16-21)28(19)20)23-9-4-3-5-10-23;1-27(2,30)24-17-21(28)11-12-23(24)20-15-19-8-6-7-18-13-14-29(25(16-20)26(18)19)22-9-4-3-5-10-22;1-27(2)23-16-19(28)11-12-21(23)22-15-18-8-6-7-17-13-14-29(20-9-4-3-5-10-20)26(24(17)18)25(22)27;1-17-14-21(26)10-11-23(17)20-15-19-7-5-6-18-12-13-27(24(16-20)25(18)19)22-8-3-2-4-9-22;25-17-9-10-19-20-13-16-6-4-5-15-11-12-26(18-7-2-1-3-8-18)23(22(15)16)24(20)27-21(19)14-17;2-1-3;/h3-17H,2,18H2,1H3;3-17,30H,1-2H3;3-16H,1-2H3;2-16H,1H3;1-14H;;1H2. The predicted molar refractivity (Wildman–Crippen MR) is 644 cm³/mol. The minimum Gasteiger partial charge on any atom is -0.485 e. The van der Waals surface area contributed by atoms with Crippen molar-refractivity contribution in [2.75, 3.05) is 31.1 Å². The Balaban J connectivity index is 0.000000108. The van der Waals surface area contributed by atoms with Crippen molar-refractivity contribution in [1.82, 2.24) is 0 Å². The summed E-state index contributed by atoms with van der Waals surface area (Å²) in [7, 11) is 0. The molecule has 149 heavy (non-hydrogen) atoms. The van der Waals surface area contributed by atoms with Gasteiger partial charge in [-0.2, -0.15) is 23.1 Å². The summed E-state index contributed by atoms with van der Waals surface area (Å²) in [6, 6.07) is 135. The van der Waals surface area contributed by atoms with Crippen LogP contribution >= 0.6 is 93.1 Å². The first-order chi connectivity index (χ1) is 72.0. The van der Waals surface area contributed by atoms with E-state index in [0.717, 1.165) is 106 Å². The van der Waals surface area contributed by atoms with Crippen LogP contribution in [-0.2, 0) is 25.4 Å². The average molecular weight is 2280 g/mol. The Morgan fingerprint density at radius 2 is 0.718 bits per heavy atom. The fourth-order valence-electron chi connectivity index (χ4n) is 21.4. The molecule has 0 spiro atoms. The maximum Gasteiger partial charge on any atom is 0.373 e. The molecular weight excluding hydrogens is 2180 g/mol. The van der Waals surface area contributed by atoms with E-state index in [0.29, 0.717) is 12.2 Å². The van der Waals surface area contributed by atoms with Gasteiger partial charge in [0.2, 0.25) is 0 Å². The van der Waals surface area contributed by atoms with E-state index in [4.69, 9.17) is 18.7 Å². The lowest BCUT2D eigenvalue weighted by atomic mass is 9.79. The van der Waals surface area contributed by atoms with Gasteiger partial charge in [-0.3, -0.25) is 4.79 Å². The molecule has 0 saturated heterocycles. The van der Waals surface area contributed by atoms with Gasteiger partial charge < -0.3 is 38.8 Å². The molecule has 0 bridgehead atoms. The molecular formula is C132H98Br5N5O6S. The van der Waals surface area contributed by atoms with Gasteiger partial charge in [-0.1, -0.05) is 301 Å². The fourth-order valence-corrected chi connectivity index (χ4v) is 23.3. The van der Waals surface area contributed by atoms with Crippen molar-refractivity contribution in [2.24, 2.45) is 0 Å². The van der Waals surface area contributed by atoms with Crippen molar-refractivity contribution >= 4 is 268 Å². The van der Waals surface area contributed by atoms with Gasteiger partial charge in [0.05, 0.1) is 34.0 Å². The van der Waals surface area contributed by atoms with Crippen LogP contribution in [0.1, 0.15) is 91.1 Å². The van der Waals surface area contributed by atoms with Crippen LogP contribution in [-0.4, -0.2) is 23.6 Å². The minimum atomic E-state index is -0.952. The van der Waals surface area contributed by atoms with Crippen molar-refractivity contribution in [3.63, 3.8) is 0 Å². The van der Waals surface area contributed by atoms with E-state index in [1.54, 1.807) is 0 Å². The summed E-state index contributed by atoms with van der Waals surface area (Å²) in [5.74, 6) is 0.774. The molecule has 1 aromatic heterocycles. The molecule has 728 valence electrons. The van der Waals surface area contributed by atoms with Crippen molar-refractivity contribution in [2.45, 2.75) is 59.0 Å². The highest BCUT2D eigenvalue weighted by Gasteiger charge is 2.41. The van der Waals surface area contributed by atoms with Gasteiger partial charge in [0.15, 0.2) is 11.4 Å². The van der Waals surface area contributed by atoms with Gasteiger partial charge >= 0.3 is 6.15 Å². The predicted octanol–water partition coefficient (Wildman–Crippen LogP) is 38.3. The highest BCUT2D eigenvalue weighted by Crippen LogP contribution is 2.59. The summed E-state index contributed by atoms with van der Waals surface area (Å²) in [6.07, 6.45) is 22.4. The molecule has 20 aromatic carbocycles. The lowest BCUT2D eigenvalue weighted by Gasteiger charge is -2.33. The first-order valence-electron chi connectivity index (χ1n) is 49.1. The number of halogens is 5. The average Bonchev–Trinajstić information content (AvgIpc) is 1.54. The SMILES string of the molecule is Brc1ccc2c(c1)oc1c3c4c(cccc4cc12)C=CN3c1ccccc1.CC(C)(O)c1cc(Br)ccc1-c1cc2c3c(cccc3c1)C=CN2c1ccccc1.CC1(C)c2cc(Br)ccc2-c2cc3cccc4c3c(c21)N(c1ccccc1)C=C4.CCC(=O)COc1cc(Br)ccc1-c1cc2c3c(cccc3c1)C=CN2c1ccccc1.Cc1cc(Br)ccc1-c1cc2c3c(cccc3c1)C=CN2c1ccccc1.O=C=O.S. The zero-order chi connectivity index (χ0) is 102. The van der Waals surface area contributed by atoms with Gasteiger partial charge in [-0.05, 0) is 349 Å². The third-order valence-electron chi connectivity index (χ3n) is 28.2. The largest absolute Gasteiger partial charge is 0.485 e. The van der Waals surface area contributed by atoms with Gasteiger partial charge in [0.1, 0.15) is 17.9 Å². The fraction of sp³-hybridized carbons (Fsp3) is 0.0758. The molecule has 21 aromatic rings. The van der Waals surface area contributed by atoms with Gasteiger partial charge in [-0.15, -0.1) is 0 Å². The summed E-state index contributed by atoms with van der Waals surface area (Å²) < 4.78 is 17.5. The number of anilines is 10. The normalized spacial score (nSPS) is 13.0. The maximum atomic E-state index is 11.9. The number of rotatable bonds is 13. The van der Waals surface area contributed by atoms with Crippen LogP contribution < -0.4 is 29.2 Å². The van der Waals surface area contributed by atoms with E-state index < -0.39 is 5.60 Å². The summed E-state index contributed by atoms with van der Waals surface area (Å²) in [4.78, 5) is 39.5. The Morgan fingerprint density at radius 1 is 0.362 bits per heavy atom. The van der Waals surface area contributed by atoms with Crippen LogP contribution in [0.15, 0.2) is 440 Å². The molecule has 0 fully saturated rings. The third kappa shape index (κ3) is 19.4. The highest BCUT2D eigenvalue weighted by molar-refractivity contribution is 9.11. The van der Waals surface area contributed by atoms with Crippen LogP contribution in [0.25, 0.3) is 151 Å². The second-order valence-electron chi connectivity index (χ2n) is 38.2. The topological polar surface area (TPSA) is 110 Å². The Hall–Kier alpha value is -15.2. The summed E-state index contributed by atoms with van der Waals surface area (Å²) in [5, 5.41) is 25.6. The van der Waals surface area contributed by atoms with Gasteiger partial charge in [0.25, 0.3) is 0 Å². The zero-order valence-corrected chi connectivity index (χ0v) is 91.1. The summed E-state index contributed by atoms with van der Waals surface area (Å²) in [6.45, 7) is 12.5. The molecule has 1 N–H and O–H groups in total. The first-order valence-corrected chi connectivity index (χ1v) is 53.0. The van der Waals surface area contributed by atoms with Crippen molar-refractivity contribution in [3.8, 4) is 50.3 Å². The molecule has 27 rings (SSSR count). The first kappa shape index (κ1) is 99.7. The summed E-state index contributed by atoms with van der Waals surface area (Å²) in [5.41, 5.74) is 33.0. The Kier molecular flexibility index (Phi) is 28.2. The number of ether oxygens (including phenoxy) is 1. The third-order valence-corrected chi connectivity index (χ3v) is 30.7. The van der Waals surface area contributed by atoms with Crippen LogP contribution in [0.2, 0.25) is 0 Å². The number of carbonyl (C=O) groups is 1. The number of benzene rings is 20. The molecule has 6 heterocycles. The Bertz CT molecular complexity index is 9070. The van der Waals surface area contributed by atoms with E-state index >= 15 is 0 Å². The van der Waals surface area contributed by atoms with E-state index in [1.165, 1.54) is 143 Å². The molecule has 1 aliphatic carbocycles. The highest BCUT2D eigenvalue weighted by atomic mass is 79.9. The van der Waals surface area contributed by atoms with E-state index in [-0.39, 0.29) is 37.5 Å². The van der Waals surface area contributed by atoms with Crippen LogP contribution in [0.4, 0.5) is 56.9 Å². The van der Waals surface area contributed by atoms with Crippen molar-refractivity contribution in [3.05, 3.63) is 486 Å². The molecule has 6 aliphatic rings. The van der Waals surface area contributed by atoms with Gasteiger partial charge in [0, 0.05) is 137 Å². The van der Waals surface area contributed by atoms with Crippen molar-refractivity contribution < 1.29 is 28.6 Å². The lowest BCUT2D eigenvalue weighted by molar-refractivity contribution is -0.191. The molecule has 17 heteroatoms. The number of hydrogen-bond acceptors (Lipinski definition) is 11. The molecule has 0 amide bonds. The van der Waals surface area contributed by atoms with E-state index in [1.807, 2.05) is 75.4 Å². The second kappa shape index (κ2) is 42.2. The van der Waals surface area contributed by atoms with E-state index in [2.05, 4.69) is 514 Å². The lowest BCUT2D eigenvalue weighted by Crippen LogP contribution is -2.21. The number of carbonyl (C=O) groups excluding carboxylic acids is 3. The minimum absolute atomic E-state index is 0. The molecule has 0 saturated carbocycles.